The Balaban J connectivity index is -0.0000000337. The molecule has 0 atom stereocenters. The topological polar surface area (TPSA) is 41.1 Å². The third-order valence-corrected chi connectivity index (χ3v) is 1.48. The van der Waals surface area contributed by atoms with Crippen molar-refractivity contribution in [3.05, 3.63) is 0 Å². The Morgan fingerprint density at radius 1 is 0.800 bits per heavy atom. The summed E-state index contributed by atoms with van der Waals surface area (Å²) in [6.45, 7) is 3.61. The molecular weight excluding hydrogens is 329 g/mol. The lowest BCUT2D eigenvalue weighted by atomic mass is 10.2. The fourth-order valence-corrected chi connectivity index (χ4v) is 0.920. The molecule has 1 fully saturated rings. The molecule has 15 heavy (non-hydrogen) atoms. The number of rotatable bonds is 1. The van der Waals surface area contributed by atoms with Gasteiger partial charge in [-0.1, -0.05) is 0 Å². The van der Waals surface area contributed by atoms with Gasteiger partial charge in [0.2, 0.25) is 0 Å². The van der Waals surface area contributed by atoms with E-state index in [2.05, 4.69) is 10.6 Å². The molecule has 0 radical (unpaired) electrons. The van der Waals surface area contributed by atoms with Crippen LogP contribution in [0.2, 0.25) is 0 Å². The first-order valence-corrected chi connectivity index (χ1v) is 3.30. The van der Waals surface area contributed by atoms with E-state index in [1.54, 1.807) is 0 Å². The Bertz CT molecular complexity index is 102. The summed E-state index contributed by atoms with van der Waals surface area (Å²) >= 11 is 0. The molecule has 1 aliphatic rings. The van der Waals surface area contributed by atoms with E-state index in [9.17, 15) is 4.79 Å². The molecule has 0 saturated carbocycles. The smallest absolute Gasteiger partial charge is 0.125 e. The van der Waals surface area contributed by atoms with E-state index in [1.807, 2.05) is 0 Å². The molecule has 3 nitrogen and oxygen atoms in total. The van der Waals surface area contributed by atoms with Gasteiger partial charge in [-0.25, -0.2) is 0 Å². The molecule has 0 aliphatic carbocycles. The molecule has 0 amide bonds. The van der Waals surface area contributed by atoms with Crippen molar-refractivity contribution in [2.45, 2.75) is 0 Å². The highest BCUT2D eigenvalue weighted by atomic mass is 35.5. The maximum atomic E-state index is 10.2. The zero-order valence-corrected chi connectivity index (χ0v) is 12.7. The summed E-state index contributed by atoms with van der Waals surface area (Å²) in [6.07, 6.45) is 1.01. The van der Waals surface area contributed by atoms with E-state index in [1.165, 1.54) is 0 Å². The second-order valence-corrected chi connectivity index (χ2v) is 2.30. The quantitative estimate of drug-likeness (QED) is 0.707. The van der Waals surface area contributed by atoms with Crippen LogP contribution in [0.25, 0.3) is 0 Å². The van der Waals surface area contributed by atoms with Crippen LogP contribution in [0.1, 0.15) is 0 Å². The normalized spacial score (nSPS) is 13.9. The van der Waals surface area contributed by atoms with Crippen LogP contribution >= 0.6 is 74.4 Å². The van der Waals surface area contributed by atoms with Gasteiger partial charge in [-0.3, -0.25) is 0 Å². The third kappa shape index (κ3) is 17.9. The van der Waals surface area contributed by atoms with Crippen molar-refractivity contribution < 1.29 is 4.79 Å². The SMILES string of the molecule is Cl.Cl.Cl.Cl.Cl.Cl.O=CC1CNCCNC1. The Labute approximate surface area is 128 Å². The molecule has 0 aromatic rings. The number of carbonyl (C=O) groups excluding carboxylic acids is 1. The molecule has 2 N–H and O–H groups in total. The van der Waals surface area contributed by atoms with E-state index >= 15 is 0 Å². The summed E-state index contributed by atoms with van der Waals surface area (Å²) in [7, 11) is 0. The highest BCUT2D eigenvalue weighted by Crippen LogP contribution is 1.88. The van der Waals surface area contributed by atoms with Crippen LogP contribution < -0.4 is 10.6 Å². The van der Waals surface area contributed by atoms with Crippen LogP contribution in [0, 0.1) is 5.92 Å². The maximum absolute atomic E-state index is 10.2. The van der Waals surface area contributed by atoms with E-state index in [4.69, 9.17) is 0 Å². The van der Waals surface area contributed by atoms with Crippen molar-refractivity contribution in [1.82, 2.24) is 10.6 Å². The number of nitrogens with one attached hydrogen (secondary N) is 2. The zero-order valence-electron chi connectivity index (χ0n) is 7.84. The maximum Gasteiger partial charge on any atom is 0.125 e. The van der Waals surface area contributed by atoms with Gasteiger partial charge in [-0.2, -0.15) is 0 Å². The van der Waals surface area contributed by atoms with Gasteiger partial charge >= 0.3 is 0 Å². The van der Waals surface area contributed by atoms with E-state index < -0.39 is 0 Å². The fraction of sp³-hybridized carbons (Fsp3) is 0.833. The number of hydrogen-bond acceptors (Lipinski definition) is 3. The molecule has 1 aliphatic heterocycles. The van der Waals surface area contributed by atoms with Gasteiger partial charge in [-0.15, -0.1) is 74.4 Å². The fourth-order valence-electron chi connectivity index (χ4n) is 0.920. The lowest BCUT2D eigenvalue weighted by Gasteiger charge is -2.03. The first kappa shape index (κ1) is 36.0. The highest BCUT2D eigenvalue weighted by molar-refractivity contribution is 5.86. The van der Waals surface area contributed by atoms with Crippen molar-refractivity contribution >= 4 is 80.7 Å². The van der Waals surface area contributed by atoms with Crippen LogP contribution in [0.3, 0.4) is 0 Å². The number of hydrogen-bond donors (Lipinski definition) is 2. The van der Waals surface area contributed by atoms with E-state index in [0.717, 1.165) is 32.5 Å². The number of aldehydes is 1. The minimum Gasteiger partial charge on any atom is -0.315 e. The van der Waals surface area contributed by atoms with Crippen molar-refractivity contribution in [2.24, 2.45) is 5.92 Å². The largest absolute Gasteiger partial charge is 0.315 e. The Morgan fingerprint density at radius 2 is 1.13 bits per heavy atom. The average molecular weight is 347 g/mol. The predicted molar refractivity (Wildman–Crippen MR) is 78.8 cm³/mol. The van der Waals surface area contributed by atoms with Crippen LogP contribution in [0.4, 0.5) is 0 Å². The molecule has 9 heteroatoms. The number of halogens is 6. The van der Waals surface area contributed by atoms with E-state index in [0.29, 0.717) is 0 Å². The molecule has 1 rings (SSSR count). The summed E-state index contributed by atoms with van der Waals surface area (Å²) in [6, 6.07) is 0. The third-order valence-electron chi connectivity index (χ3n) is 1.48. The van der Waals surface area contributed by atoms with Crippen molar-refractivity contribution in [3.8, 4) is 0 Å². The zero-order chi connectivity index (χ0) is 6.53. The first-order chi connectivity index (χ1) is 4.43. The second-order valence-electron chi connectivity index (χ2n) is 2.30. The van der Waals surface area contributed by atoms with Gasteiger partial charge in [0.15, 0.2) is 0 Å². The van der Waals surface area contributed by atoms with Gasteiger partial charge < -0.3 is 15.4 Å². The lowest BCUT2D eigenvalue weighted by Crippen LogP contribution is -2.24. The van der Waals surface area contributed by atoms with E-state index in [-0.39, 0.29) is 80.4 Å². The summed E-state index contributed by atoms with van der Waals surface area (Å²) < 4.78 is 0. The second kappa shape index (κ2) is 24.5. The highest BCUT2D eigenvalue weighted by Gasteiger charge is 2.08. The summed E-state index contributed by atoms with van der Waals surface area (Å²) in [4.78, 5) is 10.2. The Hall–Kier alpha value is 1.33. The van der Waals surface area contributed by atoms with Crippen LogP contribution in [-0.2, 0) is 4.79 Å². The standard InChI is InChI=1S/C6H12N2O.6ClH/c9-5-6-3-7-1-2-8-4-6;;;;;;/h5-8H,1-4H2;6*1H. The van der Waals surface area contributed by atoms with Gasteiger partial charge in [-0.05, 0) is 0 Å². The van der Waals surface area contributed by atoms with Crippen molar-refractivity contribution in [3.63, 3.8) is 0 Å². The molecule has 100 valence electrons. The lowest BCUT2D eigenvalue weighted by molar-refractivity contribution is -0.110. The van der Waals surface area contributed by atoms with Crippen LogP contribution in [0.5, 0.6) is 0 Å². The van der Waals surface area contributed by atoms with Gasteiger partial charge in [0.05, 0.1) is 0 Å². The summed E-state index contributed by atoms with van der Waals surface area (Å²) in [5, 5.41) is 6.31. The minimum absolute atomic E-state index is 0. The molecule has 0 bridgehead atoms. The molecule has 0 unspecified atom stereocenters. The minimum atomic E-state index is 0. The van der Waals surface area contributed by atoms with Gasteiger partial charge in [0, 0.05) is 32.1 Å². The molecule has 0 aromatic carbocycles. The molecule has 1 heterocycles. The van der Waals surface area contributed by atoms with Crippen LogP contribution in [-0.4, -0.2) is 32.5 Å². The Kier molecular flexibility index (Phi) is 58.8. The summed E-state index contributed by atoms with van der Waals surface area (Å²) in [5.74, 6) is 0.174. The summed E-state index contributed by atoms with van der Waals surface area (Å²) in [5.41, 5.74) is 0. The molecular formula is C6H18Cl6N2O. The van der Waals surface area contributed by atoms with Crippen molar-refractivity contribution in [1.29, 1.82) is 0 Å². The molecule has 0 aromatic heterocycles. The van der Waals surface area contributed by atoms with Crippen LogP contribution in [0.15, 0.2) is 0 Å². The number of carbonyl (C=O) groups is 1. The van der Waals surface area contributed by atoms with Crippen molar-refractivity contribution in [2.75, 3.05) is 26.2 Å². The Morgan fingerprint density at radius 3 is 1.40 bits per heavy atom. The first-order valence-electron chi connectivity index (χ1n) is 3.30. The van der Waals surface area contributed by atoms with Gasteiger partial charge in [0.25, 0.3) is 0 Å². The molecule has 1 saturated heterocycles. The predicted octanol–water partition coefficient (Wildman–Crippen LogP) is 1.53. The monoisotopic (exact) mass is 344 g/mol. The molecule has 0 spiro atoms. The average Bonchev–Trinajstić information content (AvgIpc) is 2.13. The van der Waals surface area contributed by atoms with Gasteiger partial charge in [0.1, 0.15) is 6.29 Å².